The van der Waals surface area contributed by atoms with E-state index < -0.39 is 30.2 Å². The number of carbonyl (C=O) groups is 3. The quantitative estimate of drug-likeness (QED) is 0.629. The predicted molar refractivity (Wildman–Crippen MR) is 86.5 cm³/mol. The van der Waals surface area contributed by atoms with Crippen molar-refractivity contribution in [2.45, 2.75) is 32.1 Å². The monoisotopic (exact) mass is 348 g/mol. The summed E-state index contributed by atoms with van der Waals surface area (Å²) in [6, 6.07) is 5.41. The molecular weight excluding hydrogens is 327 g/mol. The van der Waals surface area contributed by atoms with Crippen molar-refractivity contribution in [1.29, 1.82) is 0 Å². The van der Waals surface area contributed by atoms with Crippen molar-refractivity contribution in [3.63, 3.8) is 0 Å². The van der Waals surface area contributed by atoms with E-state index in [0.29, 0.717) is 18.3 Å². The van der Waals surface area contributed by atoms with Crippen molar-refractivity contribution in [2.75, 3.05) is 6.61 Å². The molecule has 3 rings (SSSR count). The maximum atomic E-state index is 13.4. The fraction of sp³-hybridized carbons (Fsp3) is 0.500. The van der Waals surface area contributed by atoms with Gasteiger partial charge in [0.25, 0.3) is 11.8 Å². The maximum absolute atomic E-state index is 13.4. The Morgan fingerprint density at radius 2 is 1.92 bits per heavy atom. The van der Waals surface area contributed by atoms with E-state index in [4.69, 9.17) is 4.74 Å². The zero-order valence-corrected chi connectivity index (χ0v) is 13.8. The van der Waals surface area contributed by atoms with Crippen LogP contribution in [-0.2, 0) is 14.3 Å². The molecule has 0 spiro atoms. The molecule has 0 radical (unpaired) electrons. The van der Waals surface area contributed by atoms with Gasteiger partial charge < -0.3 is 4.74 Å². The second-order valence-corrected chi connectivity index (χ2v) is 6.78. The SMILES string of the molecule is O=C(COC(=O)C[C@@H]1C[C@H]2CC[C@@H]1C2)NNC(=O)c1ccccc1F. The number of carbonyl (C=O) groups excluding carboxylic acids is 3. The van der Waals surface area contributed by atoms with Gasteiger partial charge in [-0.15, -0.1) is 0 Å². The van der Waals surface area contributed by atoms with Crippen LogP contribution in [0.1, 0.15) is 42.5 Å². The van der Waals surface area contributed by atoms with Gasteiger partial charge in [0.2, 0.25) is 0 Å². The topological polar surface area (TPSA) is 84.5 Å². The van der Waals surface area contributed by atoms with Gasteiger partial charge in [0.05, 0.1) is 5.56 Å². The van der Waals surface area contributed by atoms with Gasteiger partial charge in [-0.25, -0.2) is 4.39 Å². The summed E-state index contributed by atoms with van der Waals surface area (Å²) in [6.45, 7) is -0.475. The van der Waals surface area contributed by atoms with E-state index in [-0.39, 0.29) is 5.56 Å². The number of hydrogen-bond donors (Lipinski definition) is 2. The molecule has 134 valence electrons. The fourth-order valence-corrected chi connectivity index (χ4v) is 3.92. The normalized spacial score (nSPS) is 24.0. The van der Waals surface area contributed by atoms with Crippen LogP contribution in [0.5, 0.6) is 0 Å². The summed E-state index contributed by atoms with van der Waals surface area (Å²) >= 11 is 0. The molecule has 1 aromatic rings. The van der Waals surface area contributed by atoms with E-state index in [1.54, 1.807) is 0 Å². The first kappa shape index (κ1) is 17.4. The lowest BCUT2D eigenvalue weighted by molar-refractivity contribution is -0.150. The van der Waals surface area contributed by atoms with E-state index in [2.05, 4.69) is 10.9 Å². The van der Waals surface area contributed by atoms with Gasteiger partial charge in [0.1, 0.15) is 5.82 Å². The van der Waals surface area contributed by atoms with E-state index in [1.165, 1.54) is 37.5 Å². The molecule has 2 aliphatic carbocycles. The van der Waals surface area contributed by atoms with Gasteiger partial charge in [-0.3, -0.25) is 25.2 Å². The number of esters is 1. The second kappa shape index (κ2) is 7.63. The van der Waals surface area contributed by atoms with Gasteiger partial charge in [0, 0.05) is 6.42 Å². The van der Waals surface area contributed by atoms with Gasteiger partial charge in [-0.05, 0) is 49.1 Å². The molecule has 2 bridgehead atoms. The molecule has 0 saturated heterocycles. The van der Waals surface area contributed by atoms with Gasteiger partial charge >= 0.3 is 5.97 Å². The Kier molecular flexibility index (Phi) is 5.31. The van der Waals surface area contributed by atoms with Crippen LogP contribution in [0, 0.1) is 23.6 Å². The Balaban J connectivity index is 1.36. The first-order valence-corrected chi connectivity index (χ1v) is 8.52. The van der Waals surface area contributed by atoms with Crippen LogP contribution in [0.2, 0.25) is 0 Å². The molecule has 1 aromatic carbocycles. The molecule has 7 heteroatoms. The number of nitrogens with one attached hydrogen (secondary N) is 2. The lowest BCUT2D eigenvalue weighted by Gasteiger charge is -2.20. The zero-order valence-electron chi connectivity index (χ0n) is 13.8. The van der Waals surface area contributed by atoms with Crippen LogP contribution in [-0.4, -0.2) is 24.4 Å². The van der Waals surface area contributed by atoms with Crippen molar-refractivity contribution in [2.24, 2.45) is 17.8 Å². The molecular formula is C18H21FN2O4. The summed E-state index contributed by atoms with van der Waals surface area (Å²) in [4.78, 5) is 35.2. The molecule has 0 aliphatic heterocycles. The van der Waals surface area contributed by atoms with Crippen LogP contribution in [0.4, 0.5) is 4.39 Å². The molecule has 0 unspecified atom stereocenters. The van der Waals surface area contributed by atoms with Crippen LogP contribution in [0.25, 0.3) is 0 Å². The Morgan fingerprint density at radius 1 is 1.12 bits per heavy atom. The van der Waals surface area contributed by atoms with Crippen molar-refractivity contribution in [3.8, 4) is 0 Å². The molecule has 2 amide bonds. The van der Waals surface area contributed by atoms with E-state index in [9.17, 15) is 18.8 Å². The molecule has 2 N–H and O–H groups in total. The first-order chi connectivity index (χ1) is 12.0. The number of ether oxygens (including phenoxy) is 1. The molecule has 6 nitrogen and oxygen atoms in total. The highest BCUT2D eigenvalue weighted by Gasteiger charge is 2.40. The van der Waals surface area contributed by atoms with Crippen LogP contribution < -0.4 is 10.9 Å². The number of halogens is 1. The molecule has 0 heterocycles. The van der Waals surface area contributed by atoms with Crippen molar-refractivity contribution < 1.29 is 23.5 Å². The average Bonchev–Trinajstić information content (AvgIpc) is 3.21. The summed E-state index contributed by atoms with van der Waals surface area (Å²) < 4.78 is 18.4. The Hall–Kier alpha value is -2.44. The molecule has 25 heavy (non-hydrogen) atoms. The number of fused-ring (bicyclic) bond motifs is 2. The predicted octanol–water partition coefficient (Wildman–Crippen LogP) is 1.96. The number of hydrazine groups is 1. The number of benzene rings is 1. The highest BCUT2D eigenvalue weighted by atomic mass is 19.1. The summed E-state index contributed by atoms with van der Waals surface area (Å²) in [6.07, 6.45) is 5.08. The molecule has 0 aromatic heterocycles. The first-order valence-electron chi connectivity index (χ1n) is 8.52. The molecule has 2 fully saturated rings. The summed E-state index contributed by atoms with van der Waals surface area (Å²) in [7, 11) is 0. The third-order valence-corrected chi connectivity index (χ3v) is 5.11. The maximum Gasteiger partial charge on any atom is 0.306 e. The lowest BCUT2D eigenvalue weighted by atomic mass is 9.86. The highest BCUT2D eigenvalue weighted by Crippen LogP contribution is 2.49. The number of amides is 2. The Bertz CT molecular complexity index is 679. The van der Waals surface area contributed by atoms with Crippen LogP contribution in [0.15, 0.2) is 24.3 Å². The zero-order chi connectivity index (χ0) is 17.8. The van der Waals surface area contributed by atoms with Gasteiger partial charge in [0.15, 0.2) is 6.61 Å². The minimum absolute atomic E-state index is 0.184. The number of rotatable bonds is 5. The smallest absolute Gasteiger partial charge is 0.306 e. The van der Waals surface area contributed by atoms with Crippen LogP contribution >= 0.6 is 0 Å². The van der Waals surface area contributed by atoms with Gasteiger partial charge in [-0.1, -0.05) is 18.6 Å². The lowest BCUT2D eigenvalue weighted by Crippen LogP contribution is -2.43. The average molecular weight is 348 g/mol. The van der Waals surface area contributed by atoms with E-state index >= 15 is 0 Å². The standard InChI is InChI=1S/C18H21FN2O4/c19-15-4-2-1-3-14(15)18(24)21-20-16(22)10-25-17(23)9-13-8-11-5-6-12(13)7-11/h1-4,11-13H,5-10H2,(H,20,22)(H,21,24)/t11-,12+,13-/m0/s1. The third kappa shape index (κ3) is 4.35. The Morgan fingerprint density at radius 3 is 2.60 bits per heavy atom. The Labute approximate surface area is 145 Å². The van der Waals surface area contributed by atoms with Crippen molar-refractivity contribution in [3.05, 3.63) is 35.6 Å². The fourth-order valence-electron chi connectivity index (χ4n) is 3.92. The van der Waals surface area contributed by atoms with Crippen LogP contribution in [0.3, 0.4) is 0 Å². The number of hydrogen-bond acceptors (Lipinski definition) is 4. The molecule has 2 aliphatic rings. The van der Waals surface area contributed by atoms with Crippen molar-refractivity contribution >= 4 is 17.8 Å². The summed E-state index contributed by atoms with van der Waals surface area (Å²) in [5.41, 5.74) is 4.01. The third-order valence-electron chi connectivity index (χ3n) is 5.11. The highest BCUT2D eigenvalue weighted by molar-refractivity contribution is 5.95. The largest absolute Gasteiger partial charge is 0.455 e. The summed E-state index contributed by atoms with van der Waals surface area (Å²) in [5.74, 6) is -0.799. The molecule has 2 saturated carbocycles. The molecule has 3 atom stereocenters. The van der Waals surface area contributed by atoms with E-state index in [0.717, 1.165) is 18.4 Å². The van der Waals surface area contributed by atoms with Gasteiger partial charge in [-0.2, -0.15) is 0 Å². The van der Waals surface area contributed by atoms with E-state index in [1.807, 2.05) is 0 Å². The van der Waals surface area contributed by atoms with Crippen molar-refractivity contribution in [1.82, 2.24) is 10.9 Å². The summed E-state index contributed by atoms with van der Waals surface area (Å²) in [5, 5.41) is 0. The second-order valence-electron chi connectivity index (χ2n) is 6.78. The minimum atomic E-state index is -0.778. The minimum Gasteiger partial charge on any atom is -0.455 e.